The molecule has 0 radical (unpaired) electrons. The Labute approximate surface area is 155 Å². The lowest BCUT2D eigenvalue weighted by atomic mass is 10.1. The molecule has 1 atom stereocenters. The summed E-state index contributed by atoms with van der Waals surface area (Å²) in [6.07, 6.45) is 3.73. The van der Waals surface area contributed by atoms with E-state index in [1.807, 2.05) is 75.4 Å². The quantitative estimate of drug-likeness (QED) is 0.602. The van der Waals surface area contributed by atoms with Gasteiger partial charge >= 0.3 is 0 Å². The van der Waals surface area contributed by atoms with Gasteiger partial charge in [-0.15, -0.1) is 0 Å². The van der Waals surface area contributed by atoms with E-state index in [9.17, 15) is 4.21 Å². The molecular formula is C19H19Cl2NOS. The van der Waals surface area contributed by atoms with Gasteiger partial charge < -0.3 is 0 Å². The van der Waals surface area contributed by atoms with Gasteiger partial charge in [0.15, 0.2) is 0 Å². The van der Waals surface area contributed by atoms with Gasteiger partial charge in [-0.2, -0.15) is 4.40 Å². The van der Waals surface area contributed by atoms with Crippen LogP contribution in [0.1, 0.15) is 31.9 Å². The Morgan fingerprint density at radius 2 is 1.67 bits per heavy atom. The molecule has 2 rings (SSSR count). The first kappa shape index (κ1) is 18.9. The van der Waals surface area contributed by atoms with Crippen molar-refractivity contribution >= 4 is 46.0 Å². The van der Waals surface area contributed by atoms with Gasteiger partial charge in [0.2, 0.25) is 0 Å². The van der Waals surface area contributed by atoms with Crippen LogP contribution in [0.5, 0.6) is 0 Å². The summed E-state index contributed by atoms with van der Waals surface area (Å²) in [4.78, 5) is 0. The molecule has 2 nitrogen and oxygen atoms in total. The minimum atomic E-state index is -1.37. The average molecular weight is 380 g/mol. The first-order valence-corrected chi connectivity index (χ1v) is 9.32. The Hall–Kier alpha value is -1.42. The Morgan fingerprint density at radius 1 is 1.04 bits per heavy atom. The van der Waals surface area contributed by atoms with Crippen molar-refractivity contribution in [3.63, 3.8) is 0 Å². The largest absolute Gasteiger partial charge is 0.234 e. The van der Waals surface area contributed by atoms with E-state index in [4.69, 9.17) is 23.2 Å². The second kappa shape index (κ2) is 8.11. The molecule has 0 saturated carbocycles. The highest BCUT2D eigenvalue weighted by molar-refractivity contribution is 7.85. The maximum Gasteiger partial charge on any atom is 0.145 e. The number of nitrogens with zero attached hydrogens (tertiary/aromatic N) is 1. The van der Waals surface area contributed by atoms with E-state index in [-0.39, 0.29) is 0 Å². The van der Waals surface area contributed by atoms with Crippen molar-refractivity contribution < 1.29 is 4.21 Å². The molecule has 0 N–H and O–H groups in total. The van der Waals surface area contributed by atoms with Crippen molar-refractivity contribution in [1.29, 1.82) is 0 Å². The third kappa shape index (κ3) is 5.59. The molecular weight excluding hydrogens is 361 g/mol. The van der Waals surface area contributed by atoms with Gasteiger partial charge in [-0.1, -0.05) is 53.5 Å². The molecule has 2 aromatic rings. The van der Waals surface area contributed by atoms with Crippen LogP contribution in [0, 0.1) is 0 Å². The highest BCUT2D eigenvalue weighted by Gasteiger charge is 2.19. The van der Waals surface area contributed by atoms with E-state index in [1.54, 1.807) is 6.07 Å². The molecule has 0 aromatic heterocycles. The first-order chi connectivity index (χ1) is 11.3. The number of hydrogen-bond donors (Lipinski definition) is 0. The van der Waals surface area contributed by atoms with Gasteiger partial charge in [0.05, 0.1) is 10.5 Å². The molecule has 0 aliphatic heterocycles. The predicted molar refractivity (Wildman–Crippen MR) is 106 cm³/mol. The van der Waals surface area contributed by atoms with Crippen LogP contribution in [0.15, 0.2) is 59.0 Å². The number of hydrogen-bond acceptors (Lipinski definition) is 1. The van der Waals surface area contributed by atoms with Crippen LogP contribution >= 0.6 is 23.2 Å². The zero-order valence-corrected chi connectivity index (χ0v) is 16.1. The SMILES string of the molecule is CC(C)(C)S(=O)/N=C(/C=C/c1cccc(Cl)c1)c1cccc(Cl)c1. The summed E-state index contributed by atoms with van der Waals surface area (Å²) in [5.74, 6) is 0. The summed E-state index contributed by atoms with van der Waals surface area (Å²) >= 11 is 12.1. The number of halogens is 2. The topological polar surface area (TPSA) is 29.4 Å². The Kier molecular flexibility index (Phi) is 6.39. The summed E-state index contributed by atoms with van der Waals surface area (Å²) in [5, 5.41) is 1.27. The molecule has 0 bridgehead atoms. The number of benzene rings is 2. The molecule has 0 aliphatic carbocycles. The van der Waals surface area contributed by atoms with Gasteiger partial charge in [-0.3, -0.25) is 0 Å². The molecule has 126 valence electrons. The maximum absolute atomic E-state index is 12.4. The van der Waals surface area contributed by atoms with Crippen molar-refractivity contribution in [3.8, 4) is 0 Å². The Balaban J connectivity index is 2.43. The van der Waals surface area contributed by atoms with Gasteiger partial charge in [-0.25, -0.2) is 4.21 Å². The average Bonchev–Trinajstić information content (AvgIpc) is 2.50. The highest BCUT2D eigenvalue weighted by Crippen LogP contribution is 2.18. The summed E-state index contributed by atoms with van der Waals surface area (Å²) in [6.45, 7) is 5.68. The Bertz CT molecular complexity index is 807. The molecule has 5 heteroatoms. The smallest absolute Gasteiger partial charge is 0.145 e. The molecule has 0 saturated heterocycles. The van der Waals surface area contributed by atoms with Crippen molar-refractivity contribution in [1.82, 2.24) is 0 Å². The van der Waals surface area contributed by atoms with Crippen LogP contribution in [0.3, 0.4) is 0 Å². The fourth-order valence-electron chi connectivity index (χ4n) is 1.84. The maximum atomic E-state index is 12.4. The molecule has 0 amide bonds. The molecule has 0 heterocycles. The minimum absolute atomic E-state index is 0.437. The van der Waals surface area contributed by atoms with Crippen molar-refractivity contribution in [3.05, 3.63) is 75.8 Å². The van der Waals surface area contributed by atoms with Crippen LogP contribution < -0.4 is 0 Å². The van der Waals surface area contributed by atoms with Crippen molar-refractivity contribution in [2.75, 3.05) is 0 Å². The lowest BCUT2D eigenvalue weighted by Crippen LogP contribution is -2.20. The summed E-state index contributed by atoms with van der Waals surface area (Å²) in [7, 11) is -1.37. The van der Waals surface area contributed by atoms with Crippen molar-refractivity contribution in [2.24, 2.45) is 4.40 Å². The first-order valence-electron chi connectivity index (χ1n) is 7.46. The monoisotopic (exact) mass is 379 g/mol. The third-order valence-corrected chi connectivity index (χ3v) is 4.99. The molecule has 2 aromatic carbocycles. The van der Waals surface area contributed by atoms with E-state index in [0.29, 0.717) is 15.8 Å². The number of allylic oxidation sites excluding steroid dienone is 1. The summed E-state index contributed by atoms with van der Waals surface area (Å²) < 4.78 is 16.4. The fraction of sp³-hybridized carbons (Fsp3) is 0.211. The predicted octanol–water partition coefficient (Wildman–Crippen LogP) is 5.96. The number of rotatable bonds is 4. The molecule has 1 unspecified atom stereocenters. The van der Waals surface area contributed by atoms with E-state index >= 15 is 0 Å². The standard InChI is InChI=1S/C19H19Cl2NOS/c1-19(2,3)24(23)22-18(15-7-5-9-17(21)13-15)11-10-14-6-4-8-16(20)12-14/h4-13H,1-3H3/b11-10+,22-18-. The summed E-state index contributed by atoms with van der Waals surface area (Å²) in [5.41, 5.74) is 2.38. The van der Waals surface area contributed by atoms with E-state index in [1.165, 1.54) is 0 Å². The highest BCUT2D eigenvalue weighted by atomic mass is 35.5. The van der Waals surface area contributed by atoms with Crippen LogP contribution in [0.25, 0.3) is 6.08 Å². The van der Waals surface area contributed by atoms with Gasteiger partial charge in [0.1, 0.15) is 11.0 Å². The zero-order chi connectivity index (χ0) is 17.7. The van der Waals surface area contributed by atoms with Gasteiger partial charge in [0.25, 0.3) is 0 Å². The second-order valence-electron chi connectivity index (χ2n) is 6.24. The normalized spacial score (nSPS) is 14.1. The fourth-order valence-corrected chi connectivity index (χ4v) is 2.85. The summed E-state index contributed by atoms with van der Waals surface area (Å²) in [6, 6.07) is 14.8. The van der Waals surface area contributed by atoms with Crippen LogP contribution in [0.4, 0.5) is 0 Å². The van der Waals surface area contributed by atoms with E-state index in [0.717, 1.165) is 11.1 Å². The lowest BCUT2D eigenvalue weighted by molar-refractivity contribution is 0.650. The van der Waals surface area contributed by atoms with Gasteiger partial charge in [0, 0.05) is 15.6 Å². The van der Waals surface area contributed by atoms with E-state index < -0.39 is 15.7 Å². The Morgan fingerprint density at radius 3 is 2.25 bits per heavy atom. The zero-order valence-electron chi connectivity index (χ0n) is 13.8. The molecule has 0 spiro atoms. The lowest BCUT2D eigenvalue weighted by Gasteiger charge is -2.14. The molecule has 0 aliphatic rings. The molecule has 24 heavy (non-hydrogen) atoms. The van der Waals surface area contributed by atoms with E-state index in [2.05, 4.69) is 4.40 Å². The van der Waals surface area contributed by atoms with Crippen LogP contribution in [-0.4, -0.2) is 14.7 Å². The minimum Gasteiger partial charge on any atom is -0.234 e. The second-order valence-corrected chi connectivity index (χ2v) is 9.02. The van der Waals surface area contributed by atoms with Crippen LogP contribution in [0.2, 0.25) is 10.0 Å². The van der Waals surface area contributed by atoms with Crippen molar-refractivity contribution in [2.45, 2.75) is 25.5 Å². The third-order valence-electron chi connectivity index (χ3n) is 3.11. The molecule has 0 fully saturated rings. The van der Waals surface area contributed by atoms with Crippen LogP contribution in [-0.2, 0) is 11.0 Å². The van der Waals surface area contributed by atoms with Gasteiger partial charge in [-0.05, 0) is 56.7 Å².